The van der Waals surface area contributed by atoms with E-state index in [9.17, 15) is 19.5 Å². The Bertz CT molecular complexity index is 1170. The molecule has 1 fully saturated rings. The topological polar surface area (TPSA) is 114 Å². The maximum Gasteiger partial charge on any atom is 0.305 e. The quantitative estimate of drug-likeness (QED) is 0.292. The van der Waals surface area contributed by atoms with Crippen LogP contribution < -0.4 is 15.4 Å². The molecule has 8 heteroatoms. The van der Waals surface area contributed by atoms with E-state index < -0.39 is 17.5 Å². The van der Waals surface area contributed by atoms with Gasteiger partial charge in [0.25, 0.3) is 0 Å². The Morgan fingerprint density at radius 1 is 1.00 bits per heavy atom. The zero-order valence-electron chi connectivity index (χ0n) is 24.4. The average Bonchev–Trinajstić information content (AvgIpc) is 3.46. The number of allylic oxidation sites excluding steroid dienone is 2. The van der Waals surface area contributed by atoms with Gasteiger partial charge >= 0.3 is 5.97 Å². The maximum atomic E-state index is 13.5. The summed E-state index contributed by atoms with van der Waals surface area (Å²) in [7, 11) is 0. The monoisotopic (exact) mass is 576 g/mol. The summed E-state index contributed by atoms with van der Waals surface area (Å²) in [6.45, 7) is 0.434. The van der Waals surface area contributed by atoms with Crippen molar-refractivity contribution in [2.75, 3.05) is 13.2 Å². The SMILES string of the molecule is O=C(CC1CC=CCCCCC(=O)OCC2(CCCC2)NC1=O)NC(CO)Cc1ccc(OCc2ccccc2)cc1. The number of rotatable bonds is 9. The predicted octanol–water partition coefficient (Wildman–Crippen LogP) is 4.78. The maximum absolute atomic E-state index is 13.5. The standard InChI is InChI=1S/C34H44N2O6/c37-23-29(21-26-15-17-30(18-16-26)41-24-27-11-5-4-6-12-27)35-31(38)22-28-13-7-2-1-3-8-14-32(39)42-25-34(36-33(28)40)19-9-10-20-34/h2,4-7,11-12,15-18,28-29,37H,1,3,8-10,13-14,19-25H2,(H,35,38)(H,36,40). The van der Waals surface area contributed by atoms with Crippen molar-refractivity contribution < 1.29 is 29.0 Å². The first-order valence-electron chi connectivity index (χ1n) is 15.2. The van der Waals surface area contributed by atoms with Crippen LogP contribution in [0.25, 0.3) is 0 Å². The van der Waals surface area contributed by atoms with Crippen LogP contribution in [0.5, 0.6) is 5.75 Å². The molecule has 3 N–H and O–H groups in total. The Morgan fingerprint density at radius 2 is 1.76 bits per heavy atom. The normalized spacial score (nSPS) is 20.3. The van der Waals surface area contributed by atoms with Gasteiger partial charge in [0, 0.05) is 12.8 Å². The van der Waals surface area contributed by atoms with Crippen LogP contribution in [0.3, 0.4) is 0 Å². The zero-order valence-corrected chi connectivity index (χ0v) is 24.4. The molecule has 1 spiro atoms. The molecule has 4 rings (SSSR count). The molecule has 42 heavy (non-hydrogen) atoms. The number of nitrogens with one attached hydrogen (secondary N) is 2. The summed E-state index contributed by atoms with van der Waals surface area (Å²) in [5.41, 5.74) is 1.47. The summed E-state index contributed by atoms with van der Waals surface area (Å²) < 4.78 is 11.4. The van der Waals surface area contributed by atoms with Gasteiger partial charge in [0.15, 0.2) is 0 Å². The van der Waals surface area contributed by atoms with Crippen molar-refractivity contribution in [1.82, 2.24) is 10.6 Å². The van der Waals surface area contributed by atoms with Gasteiger partial charge in [-0.1, -0.05) is 67.5 Å². The number of hydrogen-bond donors (Lipinski definition) is 3. The number of benzene rings is 2. The summed E-state index contributed by atoms with van der Waals surface area (Å²) in [6.07, 6.45) is 11.1. The first-order chi connectivity index (χ1) is 20.4. The minimum absolute atomic E-state index is 0.00873. The van der Waals surface area contributed by atoms with E-state index in [-0.39, 0.29) is 37.4 Å². The van der Waals surface area contributed by atoms with E-state index in [1.807, 2.05) is 66.7 Å². The Balaban J connectivity index is 1.33. The summed E-state index contributed by atoms with van der Waals surface area (Å²) in [4.78, 5) is 38.8. The molecule has 2 unspecified atom stereocenters. The number of hydrogen-bond acceptors (Lipinski definition) is 6. The Kier molecular flexibility index (Phi) is 12.0. The fourth-order valence-corrected chi connectivity index (χ4v) is 5.62. The van der Waals surface area contributed by atoms with Crippen molar-refractivity contribution in [2.24, 2.45) is 5.92 Å². The molecule has 2 aliphatic rings. The lowest BCUT2D eigenvalue weighted by atomic mass is 9.93. The molecule has 1 aliphatic carbocycles. The molecule has 1 aliphatic heterocycles. The number of ether oxygens (including phenoxy) is 2. The molecule has 1 saturated carbocycles. The highest BCUT2D eigenvalue weighted by Crippen LogP contribution is 2.31. The molecule has 2 aromatic rings. The van der Waals surface area contributed by atoms with Crippen molar-refractivity contribution >= 4 is 17.8 Å². The van der Waals surface area contributed by atoms with Crippen LogP contribution in [0.4, 0.5) is 0 Å². The number of esters is 1. The Labute approximate surface area is 248 Å². The number of aliphatic hydroxyl groups excluding tert-OH is 1. The first-order valence-corrected chi connectivity index (χ1v) is 15.2. The molecular weight excluding hydrogens is 532 g/mol. The van der Waals surface area contributed by atoms with Crippen LogP contribution in [0.15, 0.2) is 66.7 Å². The number of cyclic esters (lactones) is 1. The fraction of sp³-hybridized carbons (Fsp3) is 0.500. The van der Waals surface area contributed by atoms with Gasteiger partial charge in [-0.15, -0.1) is 0 Å². The number of carbonyl (C=O) groups excluding carboxylic acids is 3. The average molecular weight is 577 g/mol. The van der Waals surface area contributed by atoms with Crippen molar-refractivity contribution in [3.63, 3.8) is 0 Å². The van der Waals surface area contributed by atoms with E-state index >= 15 is 0 Å². The minimum Gasteiger partial charge on any atom is -0.489 e. The fourth-order valence-electron chi connectivity index (χ4n) is 5.62. The van der Waals surface area contributed by atoms with E-state index in [2.05, 4.69) is 10.6 Å². The van der Waals surface area contributed by atoms with Crippen LogP contribution in [0.1, 0.15) is 75.3 Å². The van der Waals surface area contributed by atoms with E-state index in [1.54, 1.807) is 0 Å². The molecule has 0 bridgehead atoms. The molecule has 0 radical (unpaired) electrons. The molecule has 8 nitrogen and oxygen atoms in total. The van der Waals surface area contributed by atoms with Crippen LogP contribution in [-0.4, -0.2) is 47.7 Å². The lowest BCUT2D eigenvalue weighted by Gasteiger charge is -2.31. The molecule has 0 saturated heterocycles. The van der Waals surface area contributed by atoms with Crippen LogP contribution in [-0.2, 0) is 32.1 Å². The molecule has 2 atom stereocenters. The second kappa shape index (κ2) is 16.1. The van der Waals surface area contributed by atoms with Gasteiger partial charge in [0.1, 0.15) is 19.0 Å². The van der Waals surface area contributed by atoms with Gasteiger partial charge in [0.2, 0.25) is 11.8 Å². The predicted molar refractivity (Wildman–Crippen MR) is 161 cm³/mol. The highest BCUT2D eigenvalue weighted by molar-refractivity contribution is 5.86. The van der Waals surface area contributed by atoms with Gasteiger partial charge in [0.05, 0.1) is 24.1 Å². The molecule has 1 heterocycles. The highest BCUT2D eigenvalue weighted by atomic mass is 16.5. The third-order valence-electron chi connectivity index (χ3n) is 8.09. The van der Waals surface area contributed by atoms with Crippen LogP contribution in [0, 0.1) is 5.92 Å². The van der Waals surface area contributed by atoms with Crippen LogP contribution >= 0.6 is 0 Å². The van der Waals surface area contributed by atoms with Gasteiger partial charge in [-0.05, 0) is 68.2 Å². The molecule has 2 aromatic carbocycles. The number of carbonyl (C=O) groups is 3. The molecular formula is C34H44N2O6. The summed E-state index contributed by atoms with van der Waals surface area (Å²) in [6, 6.07) is 17.1. The second-order valence-electron chi connectivity index (χ2n) is 11.6. The van der Waals surface area contributed by atoms with Gasteiger partial charge in [-0.25, -0.2) is 0 Å². The van der Waals surface area contributed by atoms with E-state index in [0.717, 1.165) is 61.8 Å². The van der Waals surface area contributed by atoms with E-state index in [0.29, 0.717) is 25.9 Å². The van der Waals surface area contributed by atoms with Crippen molar-refractivity contribution in [1.29, 1.82) is 0 Å². The van der Waals surface area contributed by atoms with Crippen molar-refractivity contribution in [3.05, 3.63) is 77.9 Å². The highest BCUT2D eigenvalue weighted by Gasteiger charge is 2.38. The van der Waals surface area contributed by atoms with E-state index in [1.165, 1.54) is 0 Å². The zero-order chi connectivity index (χ0) is 29.6. The van der Waals surface area contributed by atoms with Gasteiger partial charge in [-0.3, -0.25) is 14.4 Å². The largest absolute Gasteiger partial charge is 0.489 e. The lowest BCUT2D eigenvalue weighted by Crippen LogP contribution is -2.52. The van der Waals surface area contributed by atoms with Crippen LogP contribution in [0.2, 0.25) is 0 Å². The molecule has 226 valence electrons. The third kappa shape index (κ3) is 10.0. The first kappa shape index (κ1) is 31.3. The number of amides is 2. The Morgan fingerprint density at radius 3 is 2.50 bits per heavy atom. The second-order valence-corrected chi connectivity index (χ2v) is 11.6. The number of aliphatic hydroxyl groups is 1. The smallest absolute Gasteiger partial charge is 0.305 e. The summed E-state index contributed by atoms with van der Waals surface area (Å²) in [5.74, 6) is -0.514. The van der Waals surface area contributed by atoms with Crippen molar-refractivity contribution in [2.45, 2.75) is 88.8 Å². The molecule has 0 aromatic heterocycles. The lowest BCUT2D eigenvalue weighted by molar-refractivity contribution is -0.147. The summed E-state index contributed by atoms with van der Waals surface area (Å²) in [5, 5.41) is 16.1. The van der Waals surface area contributed by atoms with Crippen molar-refractivity contribution in [3.8, 4) is 5.75 Å². The molecule has 2 amide bonds. The minimum atomic E-state index is -0.570. The van der Waals surface area contributed by atoms with Gasteiger partial charge < -0.3 is 25.2 Å². The van der Waals surface area contributed by atoms with E-state index in [4.69, 9.17) is 9.47 Å². The Hall–Kier alpha value is -3.65. The van der Waals surface area contributed by atoms with Gasteiger partial charge in [-0.2, -0.15) is 0 Å². The third-order valence-corrected chi connectivity index (χ3v) is 8.09. The summed E-state index contributed by atoms with van der Waals surface area (Å²) >= 11 is 0.